The van der Waals surface area contributed by atoms with Crippen LogP contribution in [0.3, 0.4) is 0 Å². The van der Waals surface area contributed by atoms with Gasteiger partial charge in [-0.2, -0.15) is 5.26 Å². The van der Waals surface area contributed by atoms with Gasteiger partial charge in [-0.05, 0) is 45.2 Å². The van der Waals surface area contributed by atoms with E-state index in [0.29, 0.717) is 16.4 Å². The van der Waals surface area contributed by atoms with E-state index in [0.717, 1.165) is 19.3 Å². The molecule has 2 amide bonds. The van der Waals surface area contributed by atoms with Crippen molar-refractivity contribution in [2.45, 2.75) is 57.5 Å². The van der Waals surface area contributed by atoms with E-state index in [1.807, 2.05) is 4.90 Å². The number of nitrogens with one attached hydrogen (secondary N) is 1. The van der Waals surface area contributed by atoms with E-state index in [9.17, 15) is 14.9 Å². The van der Waals surface area contributed by atoms with Crippen molar-refractivity contribution in [1.82, 2.24) is 10.2 Å². The van der Waals surface area contributed by atoms with Crippen LogP contribution in [0.15, 0.2) is 33.4 Å². The molecule has 138 valence electrons. The summed E-state index contributed by atoms with van der Waals surface area (Å²) in [5, 5.41) is 12.8. The third kappa shape index (κ3) is 3.80. The molecule has 0 saturated carbocycles. The first-order valence-corrected chi connectivity index (χ1v) is 9.91. The normalized spacial score (nSPS) is 26.4. The number of carbonyl (C=O) groups is 2. The summed E-state index contributed by atoms with van der Waals surface area (Å²) in [4.78, 5) is 26.7. The molecule has 3 atom stereocenters. The lowest BCUT2D eigenvalue weighted by Gasteiger charge is -2.39. The minimum absolute atomic E-state index is 0.0499. The van der Waals surface area contributed by atoms with Crippen LogP contribution >= 0.6 is 11.8 Å². The lowest BCUT2D eigenvalue weighted by Crippen LogP contribution is -2.48. The molecule has 2 aliphatic heterocycles. The maximum atomic E-state index is 12.7. The Hall–Kier alpha value is -2.20. The molecule has 0 unspecified atom stereocenters. The zero-order chi connectivity index (χ0) is 18.7. The highest BCUT2D eigenvalue weighted by Crippen LogP contribution is 2.36. The molecule has 1 aromatic rings. The van der Waals surface area contributed by atoms with Gasteiger partial charge in [-0.3, -0.25) is 9.59 Å². The lowest BCUT2D eigenvalue weighted by atomic mass is 9.92. The quantitative estimate of drug-likeness (QED) is 0.876. The van der Waals surface area contributed by atoms with E-state index in [1.165, 1.54) is 18.0 Å². The average molecular weight is 373 g/mol. The predicted octanol–water partition coefficient (Wildman–Crippen LogP) is 3.14. The third-order valence-corrected chi connectivity index (χ3v) is 6.07. The van der Waals surface area contributed by atoms with E-state index in [4.69, 9.17) is 4.42 Å². The maximum Gasteiger partial charge on any atom is 0.233 e. The van der Waals surface area contributed by atoms with Crippen molar-refractivity contribution in [3.8, 4) is 6.07 Å². The number of nitrogens with zero attached hydrogens (tertiary/aromatic N) is 2. The van der Waals surface area contributed by atoms with Crippen molar-refractivity contribution < 1.29 is 14.0 Å². The standard InChI is InChI=1S/C19H23N3O3S/c1-12-5-3-6-13(2)22(12)18(24)11-26-19-15(10-20)14(9-17(23)21-19)16-7-4-8-25-16/h4,7-8,12-14H,3,5-6,9,11H2,1-2H3,(H,21,23)/t12-,13-,14+/m1/s1. The minimum atomic E-state index is -0.394. The maximum absolute atomic E-state index is 12.7. The van der Waals surface area contributed by atoms with E-state index < -0.39 is 5.92 Å². The van der Waals surface area contributed by atoms with Crippen LogP contribution in [0.5, 0.6) is 0 Å². The summed E-state index contributed by atoms with van der Waals surface area (Å²) in [5.74, 6) is 0.294. The van der Waals surface area contributed by atoms with Gasteiger partial charge in [0.05, 0.1) is 34.6 Å². The van der Waals surface area contributed by atoms with Gasteiger partial charge in [0.25, 0.3) is 0 Å². The molecule has 1 saturated heterocycles. The number of likely N-dealkylation sites (tertiary alicyclic amines) is 1. The SMILES string of the molecule is C[C@@H]1CCC[C@@H](C)N1C(=O)CSC1=C(C#N)[C@@H](c2ccco2)CC(=O)N1. The second-order valence-electron chi connectivity index (χ2n) is 6.89. The van der Waals surface area contributed by atoms with Crippen molar-refractivity contribution in [3.05, 3.63) is 34.8 Å². The monoisotopic (exact) mass is 373 g/mol. The first-order valence-electron chi connectivity index (χ1n) is 8.92. The van der Waals surface area contributed by atoms with Crippen molar-refractivity contribution in [1.29, 1.82) is 5.26 Å². The third-order valence-electron chi connectivity index (χ3n) is 5.06. The Morgan fingerprint density at radius 2 is 2.15 bits per heavy atom. The van der Waals surface area contributed by atoms with Gasteiger partial charge in [-0.25, -0.2) is 0 Å². The predicted molar refractivity (Wildman–Crippen MR) is 98.9 cm³/mol. The van der Waals surface area contributed by atoms with Gasteiger partial charge in [-0.1, -0.05) is 11.8 Å². The van der Waals surface area contributed by atoms with Crippen molar-refractivity contribution >= 4 is 23.6 Å². The Balaban J connectivity index is 1.75. The summed E-state index contributed by atoms with van der Waals surface area (Å²) in [6.45, 7) is 4.15. The Kier molecular flexibility index (Phi) is 5.72. The molecule has 0 radical (unpaired) electrons. The molecule has 0 aromatic carbocycles. The van der Waals surface area contributed by atoms with Crippen LogP contribution < -0.4 is 5.32 Å². The van der Waals surface area contributed by atoms with E-state index >= 15 is 0 Å². The highest BCUT2D eigenvalue weighted by Gasteiger charge is 2.33. The second kappa shape index (κ2) is 8.00. The molecule has 0 bridgehead atoms. The fraction of sp³-hybridized carbons (Fsp3) is 0.526. The number of allylic oxidation sites excluding steroid dienone is 1. The van der Waals surface area contributed by atoms with Crippen LogP contribution in [0.2, 0.25) is 0 Å². The van der Waals surface area contributed by atoms with Gasteiger partial charge >= 0.3 is 0 Å². The average Bonchev–Trinajstić information content (AvgIpc) is 3.13. The summed E-state index contributed by atoms with van der Waals surface area (Å²) in [6, 6.07) is 6.16. The summed E-state index contributed by atoms with van der Waals surface area (Å²) in [5.41, 5.74) is 0.456. The Morgan fingerprint density at radius 3 is 2.77 bits per heavy atom. The number of furan rings is 1. The number of carbonyl (C=O) groups excluding carboxylic acids is 2. The molecule has 1 aromatic heterocycles. The van der Waals surface area contributed by atoms with Gasteiger partial charge in [0.15, 0.2) is 0 Å². The number of thioether (sulfide) groups is 1. The van der Waals surface area contributed by atoms with Crippen molar-refractivity contribution in [2.75, 3.05) is 5.75 Å². The lowest BCUT2D eigenvalue weighted by molar-refractivity contribution is -0.134. The van der Waals surface area contributed by atoms with Crippen LogP contribution in [0.25, 0.3) is 0 Å². The smallest absolute Gasteiger partial charge is 0.233 e. The minimum Gasteiger partial charge on any atom is -0.469 e. The zero-order valence-electron chi connectivity index (χ0n) is 15.0. The summed E-state index contributed by atoms with van der Waals surface area (Å²) in [6.07, 6.45) is 4.89. The van der Waals surface area contributed by atoms with Gasteiger partial charge in [0, 0.05) is 18.5 Å². The molecule has 1 N–H and O–H groups in total. The summed E-state index contributed by atoms with van der Waals surface area (Å²) < 4.78 is 5.40. The van der Waals surface area contributed by atoms with E-state index in [1.54, 1.807) is 12.1 Å². The highest BCUT2D eigenvalue weighted by molar-refractivity contribution is 8.03. The molecule has 2 aliphatic rings. The second-order valence-corrected chi connectivity index (χ2v) is 7.88. The van der Waals surface area contributed by atoms with Crippen LogP contribution in [-0.4, -0.2) is 34.6 Å². The number of piperidine rings is 1. The molecule has 7 heteroatoms. The first kappa shape index (κ1) is 18.6. The Morgan fingerprint density at radius 1 is 1.42 bits per heavy atom. The van der Waals surface area contributed by atoms with Crippen LogP contribution in [0, 0.1) is 11.3 Å². The van der Waals surface area contributed by atoms with Crippen molar-refractivity contribution in [3.63, 3.8) is 0 Å². The van der Waals surface area contributed by atoms with Crippen LogP contribution in [0.4, 0.5) is 0 Å². The molecule has 3 rings (SSSR count). The zero-order valence-corrected chi connectivity index (χ0v) is 15.8. The number of rotatable bonds is 4. The molecule has 1 fully saturated rings. The Bertz CT molecular complexity index is 741. The van der Waals surface area contributed by atoms with E-state index in [-0.39, 0.29) is 36.1 Å². The molecular formula is C19H23N3O3S. The van der Waals surface area contributed by atoms with E-state index in [2.05, 4.69) is 25.2 Å². The first-order chi connectivity index (χ1) is 12.5. The molecule has 3 heterocycles. The molecule has 0 spiro atoms. The fourth-order valence-corrected chi connectivity index (χ4v) is 4.73. The van der Waals surface area contributed by atoms with Crippen LogP contribution in [-0.2, 0) is 9.59 Å². The molecular weight excluding hydrogens is 350 g/mol. The topological polar surface area (TPSA) is 86.3 Å². The number of hydrogen-bond acceptors (Lipinski definition) is 5. The summed E-state index contributed by atoms with van der Waals surface area (Å²) in [7, 11) is 0. The number of hydrogen-bond donors (Lipinski definition) is 1. The van der Waals surface area contributed by atoms with Crippen molar-refractivity contribution in [2.24, 2.45) is 0 Å². The van der Waals surface area contributed by atoms with Gasteiger partial charge in [0.1, 0.15) is 5.76 Å². The number of nitriles is 1. The molecule has 0 aliphatic carbocycles. The molecule has 26 heavy (non-hydrogen) atoms. The Labute approximate surface area is 157 Å². The fourth-order valence-electron chi connectivity index (χ4n) is 3.79. The van der Waals surface area contributed by atoms with Crippen LogP contribution in [0.1, 0.15) is 51.2 Å². The van der Waals surface area contributed by atoms with Gasteiger partial charge < -0.3 is 14.6 Å². The van der Waals surface area contributed by atoms with Gasteiger partial charge in [-0.15, -0.1) is 0 Å². The molecule has 6 nitrogen and oxygen atoms in total. The summed E-state index contributed by atoms with van der Waals surface area (Å²) >= 11 is 1.23. The highest BCUT2D eigenvalue weighted by atomic mass is 32.2. The largest absolute Gasteiger partial charge is 0.469 e. The van der Waals surface area contributed by atoms with Gasteiger partial charge in [0.2, 0.25) is 11.8 Å². The number of amides is 2.